The summed E-state index contributed by atoms with van der Waals surface area (Å²) in [5.74, 6) is 1.63. The Balaban J connectivity index is 2.59. The van der Waals surface area contributed by atoms with E-state index in [0.717, 1.165) is 18.1 Å². The molecule has 0 aromatic carbocycles. The second kappa shape index (κ2) is 3.31. The lowest BCUT2D eigenvalue weighted by atomic mass is 10.5. The third kappa shape index (κ3) is 1.54. The molecule has 0 fully saturated rings. The van der Waals surface area contributed by atoms with Gasteiger partial charge in [-0.05, 0) is 0 Å². The first-order valence-electron chi connectivity index (χ1n) is 3.26. The predicted octanol–water partition coefficient (Wildman–Crippen LogP) is 0.513. The van der Waals surface area contributed by atoms with E-state index in [1.54, 1.807) is 7.11 Å². The Morgan fingerprint density at radius 2 is 2.40 bits per heavy atom. The van der Waals surface area contributed by atoms with Crippen molar-refractivity contribution in [3.05, 3.63) is 11.6 Å². The summed E-state index contributed by atoms with van der Waals surface area (Å²) in [5, 5.41) is 6.71. The molecular weight excluding hydrogens is 130 g/mol. The Hall–Kier alpha value is -0.900. The van der Waals surface area contributed by atoms with Gasteiger partial charge in [-0.2, -0.15) is 5.10 Å². The lowest BCUT2D eigenvalue weighted by Crippen LogP contribution is -1.89. The minimum absolute atomic E-state index is 0.507. The third-order valence-electron chi connectivity index (χ3n) is 1.18. The Morgan fingerprint density at radius 3 is 2.90 bits per heavy atom. The van der Waals surface area contributed by atoms with E-state index in [1.165, 1.54) is 0 Å². The summed E-state index contributed by atoms with van der Waals surface area (Å²) in [7, 11) is 1.63. The number of rotatable bonds is 3. The van der Waals surface area contributed by atoms with E-state index >= 15 is 0 Å². The fourth-order valence-corrected chi connectivity index (χ4v) is 0.694. The van der Waals surface area contributed by atoms with E-state index in [2.05, 4.69) is 15.2 Å². The van der Waals surface area contributed by atoms with Crippen LogP contribution in [-0.2, 0) is 17.8 Å². The summed E-state index contributed by atoms with van der Waals surface area (Å²) in [6, 6.07) is 0. The van der Waals surface area contributed by atoms with Crippen LogP contribution in [0.25, 0.3) is 0 Å². The minimum atomic E-state index is 0.507. The summed E-state index contributed by atoms with van der Waals surface area (Å²) < 4.78 is 4.85. The highest BCUT2D eigenvalue weighted by Crippen LogP contribution is 1.93. The van der Waals surface area contributed by atoms with E-state index in [-0.39, 0.29) is 0 Å². The molecule has 0 saturated carbocycles. The second-order valence-corrected chi connectivity index (χ2v) is 1.98. The maximum absolute atomic E-state index is 4.85. The Bertz CT molecular complexity index is 197. The monoisotopic (exact) mass is 141 g/mol. The molecule has 4 heteroatoms. The van der Waals surface area contributed by atoms with E-state index < -0.39 is 0 Å². The molecule has 1 aromatic heterocycles. The van der Waals surface area contributed by atoms with Crippen molar-refractivity contribution in [2.45, 2.75) is 20.0 Å². The molecule has 0 aliphatic rings. The SMILES string of the molecule is CCc1n[nH]c(COC)n1. The van der Waals surface area contributed by atoms with Crippen LogP contribution in [-0.4, -0.2) is 22.3 Å². The number of ether oxygens (including phenoxy) is 1. The van der Waals surface area contributed by atoms with Gasteiger partial charge in [0.25, 0.3) is 0 Å². The minimum Gasteiger partial charge on any atom is -0.377 e. The van der Waals surface area contributed by atoms with Gasteiger partial charge in [0.05, 0.1) is 0 Å². The van der Waals surface area contributed by atoms with Crippen molar-refractivity contribution in [3.8, 4) is 0 Å². The average molecular weight is 141 g/mol. The number of methoxy groups -OCH3 is 1. The number of H-pyrrole nitrogens is 1. The van der Waals surface area contributed by atoms with Gasteiger partial charge in [0.2, 0.25) is 0 Å². The molecular formula is C6H11N3O. The average Bonchev–Trinajstić information content (AvgIpc) is 2.37. The molecule has 0 spiro atoms. The first kappa shape index (κ1) is 7.21. The van der Waals surface area contributed by atoms with Crippen LogP contribution in [0, 0.1) is 0 Å². The Kier molecular flexibility index (Phi) is 2.39. The van der Waals surface area contributed by atoms with E-state index in [4.69, 9.17) is 4.74 Å². The number of aryl methyl sites for hydroxylation is 1. The summed E-state index contributed by atoms with van der Waals surface area (Å²) in [5.41, 5.74) is 0. The highest BCUT2D eigenvalue weighted by Gasteiger charge is 1.98. The molecule has 0 aliphatic carbocycles. The Morgan fingerprint density at radius 1 is 1.60 bits per heavy atom. The van der Waals surface area contributed by atoms with Gasteiger partial charge < -0.3 is 4.74 Å². The van der Waals surface area contributed by atoms with Gasteiger partial charge in [0.15, 0.2) is 11.6 Å². The number of hydrogen-bond donors (Lipinski definition) is 1. The van der Waals surface area contributed by atoms with Crippen molar-refractivity contribution in [1.82, 2.24) is 15.2 Å². The molecule has 56 valence electrons. The van der Waals surface area contributed by atoms with Crippen molar-refractivity contribution in [2.75, 3.05) is 7.11 Å². The van der Waals surface area contributed by atoms with Crippen LogP contribution in [0.5, 0.6) is 0 Å². The highest BCUT2D eigenvalue weighted by atomic mass is 16.5. The zero-order chi connectivity index (χ0) is 7.40. The van der Waals surface area contributed by atoms with Crippen LogP contribution in [0.3, 0.4) is 0 Å². The van der Waals surface area contributed by atoms with Gasteiger partial charge in [0, 0.05) is 13.5 Å². The predicted molar refractivity (Wildman–Crippen MR) is 36.5 cm³/mol. The van der Waals surface area contributed by atoms with Crippen LogP contribution in [0.2, 0.25) is 0 Å². The van der Waals surface area contributed by atoms with Gasteiger partial charge in [-0.15, -0.1) is 0 Å². The molecule has 0 radical (unpaired) electrons. The molecule has 0 saturated heterocycles. The smallest absolute Gasteiger partial charge is 0.150 e. The largest absolute Gasteiger partial charge is 0.377 e. The second-order valence-electron chi connectivity index (χ2n) is 1.98. The molecule has 1 rings (SSSR count). The lowest BCUT2D eigenvalue weighted by molar-refractivity contribution is 0.178. The number of hydrogen-bond acceptors (Lipinski definition) is 3. The number of aromatic nitrogens is 3. The molecule has 0 amide bonds. The zero-order valence-electron chi connectivity index (χ0n) is 6.22. The first-order chi connectivity index (χ1) is 4.86. The molecule has 1 heterocycles. The van der Waals surface area contributed by atoms with E-state index in [0.29, 0.717) is 6.61 Å². The molecule has 0 aliphatic heterocycles. The van der Waals surface area contributed by atoms with Gasteiger partial charge in [-0.25, -0.2) is 4.98 Å². The van der Waals surface area contributed by atoms with Crippen LogP contribution >= 0.6 is 0 Å². The highest BCUT2D eigenvalue weighted by molar-refractivity contribution is 4.87. The molecule has 0 unspecified atom stereocenters. The van der Waals surface area contributed by atoms with Crippen LogP contribution in [0.1, 0.15) is 18.6 Å². The molecule has 4 nitrogen and oxygen atoms in total. The topological polar surface area (TPSA) is 50.8 Å². The third-order valence-corrected chi connectivity index (χ3v) is 1.18. The standard InChI is InChI=1S/C6H11N3O/c1-3-5-7-6(4-10-2)9-8-5/h3-4H2,1-2H3,(H,7,8,9). The van der Waals surface area contributed by atoms with Crippen molar-refractivity contribution in [1.29, 1.82) is 0 Å². The number of nitrogens with zero attached hydrogens (tertiary/aromatic N) is 2. The molecule has 0 atom stereocenters. The summed E-state index contributed by atoms with van der Waals surface area (Å²) in [6.45, 7) is 2.52. The normalized spacial score (nSPS) is 10.2. The molecule has 10 heavy (non-hydrogen) atoms. The fourth-order valence-electron chi connectivity index (χ4n) is 0.694. The lowest BCUT2D eigenvalue weighted by Gasteiger charge is -1.88. The van der Waals surface area contributed by atoms with Crippen LogP contribution in [0.15, 0.2) is 0 Å². The Labute approximate surface area is 59.6 Å². The first-order valence-corrected chi connectivity index (χ1v) is 3.26. The van der Waals surface area contributed by atoms with E-state index in [1.807, 2.05) is 6.92 Å². The maximum Gasteiger partial charge on any atom is 0.150 e. The van der Waals surface area contributed by atoms with Crippen LogP contribution in [0.4, 0.5) is 0 Å². The van der Waals surface area contributed by atoms with Gasteiger partial charge >= 0.3 is 0 Å². The summed E-state index contributed by atoms with van der Waals surface area (Å²) >= 11 is 0. The van der Waals surface area contributed by atoms with Crippen molar-refractivity contribution in [3.63, 3.8) is 0 Å². The molecule has 1 N–H and O–H groups in total. The molecule has 0 bridgehead atoms. The summed E-state index contributed by atoms with van der Waals surface area (Å²) in [6.07, 6.45) is 0.861. The van der Waals surface area contributed by atoms with Gasteiger partial charge in [-0.3, -0.25) is 5.10 Å². The van der Waals surface area contributed by atoms with E-state index in [9.17, 15) is 0 Å². The zero-order valence-corrected chi connectivity index (χ0v) is 6.22. The molecule has 1 aromatic rings. The van der Waals surface area contributed by atoms with Crippen molar-refractivity contribution < 1.29 is 4.74 Å². The number of aromatic amines is 1. The van der Waals surface area contributed by atoms with Gasteiger partial charge in [0.1, 0.15) is 6.61 Å². The maximum atomic E-state index is 4.85. The fraction of sp³-hybridized carbons (Fsp3) is 0.667. The summed E-state index contributed by atoms with van der Waals surface area (Å²) in [4.78, 5) is 4.13. The van der Waals surface area contributed by atoms with Crippen LogP contribution < -0.4 is 0 Å². The van der Waals surface area contributed by atoms with Crippen molar-refractivity contribution in [2.24, 2.45) is 0 Å². The van der Waals surface area contributed by atoms with Crippen molar-refractivity contribution >= 4 is 0 Å². The van der Waals surface area contributed by atoms with Gasteiger partial charge in [-0.1, -0.05) is 6.92 Å². The number of nitrogens with one attached hydrogen (secondary N) is 1. The quantitative estimate of drug-likeness (QED) is 0.667.